The summed E-state index contributed by atoms with van der Waals surface area (Å²) in [5.41, 5.74) is -0.146. The number of fused-ring (bicyclic) bond motifs is 2. The minimum Gasteiger partial charge on any atom is -0.377 e. The van der Waals surface area contributed by atoms with Gasteiger partial charge in [0.1, 0.15) is 6.29 Å². The summed E-state index contributed by atoms with van der Waals surface area (Å²) in [7, 11) is 0. The Morgan fingerprint density at radius 3 is 2.79 bits per heavy atom. The van der Waals surface area contributed by atoms with E-state index in [2.05, 4.69) is 13.8 Å². The van der Waals surface area contributed by atoms with Gasteiger partial charge in [-0.05, 0) is 44.4 Å². The molecule has 1 saturated carbocycles. The smallest absolute Gasteiger partial charge is 0.128 e. The molecule has 0 aromatic heterocycles. The largest absolute Gasteiger partial charge is 0.377 e. The molecule has 1 aliphatic carbocycles. The Balaban J connectivity index is 2.18. The first-order valence-electron chi connectivity index (χ1n) is 5.71. The molecule has 0 spiro atoms. The van der Waals surface area contributed by atoms with Crippen LogP contribution in [0.1, 0.15) is 39.5 Å². The molecule has 0 aromatic rings. The van der Waals surface area contributed by atoms with Crippen LogP contribution < -0.4 is 0 Å². The van der Waals surface area contributed by atoms with Gasteiger partial charge in [-0.2, -0.15) is 0 Å². The fourth-order valence-corrected chi connectivity index (χ4v) is 3.36. The second-order valence-electron chi connectivity index (χ2n) is 5.45. The summed E-state index contributed by atoms with van der Waals surface area (Å²) in [6.45, 7) is 5.04. The molecule has 2 fully saturated rings. The van der Waals surface area contributed by atoms with E-state index in [1.807, 2.05) is 0 Å². The molecule has 80 valence electrons. The molecule has 2 rings (SSSR count). The number of hydrogen-bond acceptors (Lipinski definition) is 2. The first-order valence-corrected chi connectivity index (χ1v) is 5.71. The van der Waals surface area contributed by atoms with Crippen molar-refractivity contribution in [2.24, 2.45) is 17.3 Å². The second-order valence-corrected chi connectivity index (χ2v) is 5.45. The topological polar surface area (TPSA) is 26.3 Å². The highest BCUT2D eigenvalue weighted by molar-refractivity contribution is 5.60. The van der Waals surface area contributed by atoms with Gasteiger partial charge in [-0.25, -0.2) is 0 Å². The van der Waals surface area contributed by atoms with Crippen molar-refractivity contribution in [2.45, 2.75) is 45.6 Å². The molecule has 0 aromatic carbocycles. The van der Waals surface area contributed by atoms with Crippen molar-refractivity contribution in [3.05, 3.63) is 0 Å². The van der Waals surface area contributed by atoms with Gasteiger partial charge in [-0.3, -0.25) is 0 Å². The molecule has 0 radical (unpaired) electrons. The fraction of sp³-hybridized carbons (Fsp3) is 0.917. The Morgan fingerprint density at radius 1 is 1.29 bits per heavy atom. The molecule has 2 aliphatic rings. The maximum absolute atomic E-state index is 11.2. The van der Waals surface area contributed by atoms with Crippen molar-refractivity contribution in [3.63, 3.8) is 0 Å². The van der Waals surface area contributed by atoms with Crippen LogP contribution in [-0.4, -0.2) is 19.0 Å². The molecule has 4 unspecified atom stereocenters. The van der Waals surface area contributed by atoms with E-state index in [-0.39, 0.29) is 5.41 Å². The normalized spacial score (nSPS) is 48.3. The molecule has 1 heterocycles. The summed E-state index contributed by atoms with van der Waals surface area (Å²) in [6, 6.07) is 0. The Hall–Kier alpha value is -0.370. The van der Waals surface area contributed by atoms with Crippen molar-refractivity contribution in [1.82, 2.24) is 0 Å². The van der Waals surface area contributed by atoms with Crippen LogP contribution in [-0.2, 0) is 9.53 Å². The third-order valence-electron chi connectivity index (χ3n) is 3.76. The molecular formula is C12H20O2. The van der Waals surface area contributed by atoms with Gasteiger partial charge in [0.05, 0.1) is 12.7 Å². The van der Waals surface area contributed by atoms with Crippen molar-refractivity contribution in [1.29, 1.82) is 0 Å². The number of rotatable bonds is 1. The molecule has 4 atom stereocenters. The lowest BCUT2D eigenvalue weighted by Gasteiger charge is -2.37. The van der Waals surface area contributed by atoms with Crippen LogP contribution in [0.4, 0.5) is 0 Å². The highest BCUT2D eigenvalue weighted by atomic mass is 16.5. The Morgan fingerprint density at radius 2 is 2.07 bits per heavy atom. The number of aldehydes is 1. The fourth-order valence-electron chi connectivity index (χ4n) is 3.36. The van der Waals surface area contributed by atoms with Crippen LogP contribution >= 0.6 is 0 Å². The highest BCUT2D eigenvalue weighted by Crippen LogP contribution is 2.45. The molecule has 2 nitrogen and oxygen atoms in total. The number of hydrogen-bond donors (Lipinski definition) is 0. The van der Waals surface area contributed by atoms with Crippen LogP contribution in [0.15, 0.2) is 0 Å². The highest BCUT2D eigenvalue weighted by Gasteiger charge is 2.42. The minimum absolute atomic E-state index is 0.146. The Bertz CT molecular complexity index is 226. The zero-order chi connectivity index (χ0) is 10.2. The molecule has 1 aliphatic heterocycles. The zero-order valence-electron chi connectivity index (χ0n) is 9.16. The zero-order valence-corrected chi connectivity index (χ0v) is 9.16. The number of carbonyl (C=O) groups excluding carboxylic acids is 1. The predicted molar refractivity (Wildman–Crippen MR) is 55.0 cm³/mol. The SMILES string of the molecule is CC1CC2CC(C)OCC(C=O)(C1)C2. The maximum Gasteiger partial charge on any atom is 0.128 e. The molecular weight excluding hydrogens is 176 g/mol. The van der Waals surface area contributed by atoms with Crippen LogP contribution in [0.3, 0.4) is 0 Å². The summed E-state index contributed by atoms with van der Waals surface area (Å²) < 4.78 is 5.73. The molecule has 0 N–H and O–H groups in total. The standard InChI is InChI=1S/C12H20O2/c1-9-3-11-4-10(2)14-8-12(5-9,6-11)7-13/h7,9-11H,3-6,8H2,1-2H3. The van der Waals surface area contributed by atoms with E-state index in [1.165, 1.54) is 6.42 Å². The van der Waals surface area contributed by atoms with Gasteiger partial charge in [0.2, 0.25) is 0 Å². The molecule has 2 heteroatoms. The molecule has 14 heavy (non-hydrogen) atoms. The van der Waals surface area contributed by atoms with Gasteiger partial charge >= 0.3 is 0 Å². The van der Waals surface area contributed by atoms with Gasteiger partial charge in [0, 0.05) is 5.41 Å². The van der Waals surface area contributed by atoms with Gasteiger partial charge in [-0.15, -0.1) is 0 Å². The second kappa shape index (κ2) is 3.65. The van der Waals surface area contributed by atoms with E-state index in [0.717, 1.165) is 25.5 Å². The molecule has 1 saturated heterocycles. The Kier molecular flexibility index (Phi) is 2.65. The first kappa shape index (κ1) is 10.2. The lowest BCUT2D eigenvalue weighted by Crippen LogP contribution is -2.35. The van der Waals surface area contributed by atoms with Crippen LogP contribution in [0.25, 0.3) is 0 Å². The van der Waals surface area contributed by atoms with E-state index < -0.39 is 0 Å². The first-order chi connectivity index (χ1) is 6.63. The van der Waals surface area contributed by atoms with Crippen molar-refractivity contribution >= 4 is 6.29 Å². The maximum atomic E-state index is 11.2. The van der Waals surface area contributed by atoms with Crippen LogP contribution in [0, 0.1) is 17.3 Å². The van der Waals surface area contributed by atoms with E-state index in [9.17, 15) is 4.79 Å². The average molecular weight is 196 g/mol. The summed E-state index contributed by atoms with van der Waals surface area (Å²) in [6.07, 6.45) is 6.01. The van der Waals surface area contributed by atoms with Crippen LogP contribution in [0.5, 0.6) is 0 Å². The Labute approximate surface area is 86.0 Å². The van der Waals surface area contributed by atoms with E-state index in [0.29, 0.717) is 24.5 Å². The van der Waals surface area contributed by atoms with Gasteiger partial charge < -0.3 is 9.53 Å². The minimum atomic E-state index is -0.146. The van der Waals surface area contributed by atoms with Crippen molar-refractivity contribution in [2.75, 3.05) is 6.61 Å². The van der Waals surface area contributed by atoms with Gasteiger partial charge in [0.25, 0.3) is 0 Å². The molecule has 2 bridgehead atoms. The molecule has 0 amide bonds. The van der Waals surface area contributed by atoms with Crippen molar-refractivity contribution in [3.8, 4) is 0 Å². The van der Waals surface area contributed by atoms with E-state index in [1.54, 1.807) is 0 Å². The third kappa shape index (κ3) is 1.85. The lowest BCUT2D eigenvalue weighted by atomic mass is 9.66. The van der Waals surface area contributed by atoms with Gasteiger partial charge in [-0.1, -0.05) is 6.92 Å². The monoisotopic (exact) mass is 196 g/mol. The lowest BCUT2D eigenvalue weighted by molar-refractivity contribution is -0.123. The van der Waals surface area contributed by atoms with E-state index >= 15 is 0 Å². The number of carbonyl (C=O) groups is 1. The predicted octanol–water partition coefficient (Wildman–Crippen LogP) is 2.42. The quantitative estimate of drug-likeness (QED) is 0.602. The third-order valence-corrected chi connectivity index (χ3v) is 3.76. The van der Waals surface area contributed by atoms with Crippen molar-refractivity contribution < 1.29 is 9.53 Å². The summed E-state index contributed by atoms with van der Waals surface area (Å²) in [4.78, 5) is 11.2. The van der Waals surface area contributed by atoms with Gasteiger partial charge in [0.15, 0.2) is 0 Å². The average Bonchev–Trinajstić information content (AvgIpc) is 2.24. The summed E-state index contributed by atoms with van der Waals surface area (Å²) >= 11 is 0. The summed E-state index contributed by atoms with van der Waals surface area (Å²) in [5, 5.41) is 0. The van der Waals surface area contributed by atoms with Crippen LogP contribution in [0.2, 0.25) is 0 Å². The number of ether oxygens (including phenoxy) is 1. The summed E-state index contributed by atoms with van der Waals surface area (Å²) in [5.74, 6) is 1.40. The van der Waals surface area contributed by atoms with E-state index in [4.69, 9.17) is 4.74 Å².